The number of aliphatic carboxylic acids is 1. The first-order valence-electron chi connectivity index (χ1n) is 33.5. The predicted molar refractivity (Wildman–Crippen MR) is 370 cm³/mol. The lowest BCUT2D eigenvalue weighted by Gasteiger charge is -2.18. The van der Waals surface area contributed by atoms with Gasteiger partial charge in [-0.15, -0.1) is 0 Å². The Kier molecular flexibility index (Phi) is 37.0. The van der Waals surface area contributed by atoms with E-state index < -0.39 is 5.97 Å². The van der Waals surface area contributed by atoms with Gasteiger partial charge in [-0.1, -0.05) is 224 Å². The number of carbonyl (C=O) groups is 7. The van der Waals surface area contributed by atoms with Gasteiger partial charge in [-0.05, 0) is 89.5 Å². The summed E-state index contributed by atoms with van der Waals surface area (Å²) >= 11 is 2.36. The number of esters is 1. The predicted octanol–water partition coefficient (Wildman–Crippen LogP) is 12.4. The molecule has 0 spiro atoms. The van der Waals surface area contributed by atoms with Crippen LogP contribution in [-0.4, -0.2) is 129 Å². The minimum absolute atomic E-state index is 0.0178. The van der Waals surface area contributed by atoms with E-state index in [2.05, 4.69) is 98.5 Å². The van der Waals surface area contributed by atoms with Crippen molar-refractivity contribution >= 4 is 64.1 Å². The SMILES string of the molecule is CCCC(C)CC(CN)CC(=O)O.CCCC(C)CC1CC(=O)N(Cc2ccccc2)C1.CCCC(C)CC1CNC(=O)C1.COC(=O)C1CC(=O)N(Cc2ccccc2)C1.O=C1CC(CI)CN1Cc1ccccc1.O=C1CC(CO)CN1Cc1ccccc1. The van der Waals surface area contributed by atoms with E-state index >= 15 is 0 Å². The van der Waals surface area contributed by atoms with Crippen LogP contribution in [0.2, 0.25) is 0 Å². The number of benzene rings is 4. The third-order valence-corrected chi connectivity index (χ3v) is 18.6. The van der Waals surface area contributed by atoms with Crippen molar-refractivity contribution in [1.82, 2.24) is 24.9 Å². The molecule has 4 aromatic carbocycles. The van der Waals surface area contributed by atoms with Gasteiger partial charge in [0.1, 0.15) is 0 Å². The number of likely N-dealkylation sites (tertiary alicyclic amines) is 4. The Hall–Kier alpha value is -6.18. The van der Waals surface area contributed by atoms with Crippen molar-refractivity contribution in [2.24, 2.45) is 59.0 Å². The highest BCUT2D eigenvalue weighted by atomic mass is 127. The van der Waals surface area contributed by atoms with Gasteiger partial charge < -0.3 is 45.6 Å². The molecule has 91 heavy (non-hydrogen) atoms. The fraction of sp³-hybridized carbons (Fsp3) is 0.581. The normalized spacial score (nSPS) is 20.5. The van der Waals surface area contributed by atoms with Crippen LogP contribution >= 0.6 is 22.6 Å². The van der Waals surface area contributed by atoms with E-state index in [9.17, 15) is 33.6 Å². The second kappa shape index (κ2) is 43.6. The summed E-state index contributed by atoms with van der Waals surface area (Å²) in [5.41, 5.74) is 10.2. The number of nitrogens with two attached hydrogens (primary N) is 1. The Morgan fingerprint density at radius 1 is 0.549 bits per heavy atom. The molecule has 17 heteroatoms. The molecule has 5 fully saturated rings. The highest BCUT2D eigenvalue weighted by molar-refractivity contribution is 14.1. The van der Waals surface area contributed by atoms with Crippen LogP contribution in [0.5, 0.6) is 0 Å². The highest BCUT2D eigenvalue weighted by Crippen LogP contribution is 2.29. The number of nitrogens with one attached hydrogen (secondary N) is 1. The van der Waals surface area contributed by atoms with E-state index in [1.165, 1.54) is 56.8 Å². The Morgan fingerprint density at radius 2 is 0.923 bits per heavy atom. The van der Waals surface area contributed by atoms with E-state index in [0.717, 1.165) is 98.6 Å². The number of aliphatic hydroxyl groups excluding tert-OH is 1. The Labute approximate surface area is 558 Å². The molecule has 0 saturated carbocycles. The molecule has 5 N–H and O–H groups in total. The third kappa shape index (κ3) is 30.4. The second-order valence-electron chi connectivity index (χ2n) is 26.0. The van der Waals surface area contributed by atoms with Gasteiger partial charge in [0.2, 0.25) is 29.5 Å². The summed E-state index contributed by atoms with van der Waals surface area (Å²) in [6.07, 6.45) is 14.0. The molecule has 4 aromatic rings. The topological polar surface area (TPSA) is 220 Å². The van der Waals surface area contributed by atoms with Crippen LogP contribution in [0.1, 0.15) is 160 Å². The summed E-state index contributed by atoms with van der Waals surface area (Å²) in [4.78, 5) is 87.2. The molecule has 5 amide bonds. The van der Waals surface area contributed by atoms with Crippen molar-refractivity contribution in [3.05, 3.63) is 144 Å². The number of halogens is 1. The highest BCUT2D eigenvalue weighted by Gasteiger charge is 2.35. The minimum Gasteiger partial charge on any atom is -0.481 e. The van der Waals surface area contributed by atoms with Crippen molar-refractivity contribution < 1.29 is 48.5 Å². The van der Waals surface area contributed by atoms with Crippen LogP contribution in [0.4, 0.5) is 0 Å². The smallest absolute Gasteiger partial charge is 0.310 e. The largest absolute Gasteiger partial charge is 0.481 e. The van der Waals surface area contributed by atoms with Gasteiger partial charge in [-0.3, -0.25) is 33.6 Å². The first-order chi connectivity index (χ1) is 43.8. The fourth-order valence-electron chi connectivity index (χ4n) is 12.7. The average Bonchev–Trinajstić information content (AvgIpc) is 2.34. The van der Waals surface area contributed by atoms with Gasteiger partial charge >= 0.3 is 11.9 Å². The number of rotatable bonds is 26. The molecular weight excluding hydrogens is 1260 g/mol. The summed E-state index contributed by atoms with van der Waals surface area (Å²) < 4.78 is 5.74. The number of amides is 5. The lowest BCUT2D eigenvalue weighted by atomic mass is 9.90. The maximum Gasteiger partial charge on any atom is 0.310 e. The number of carboxylic acid groups (broad SMARTS) is 1. The average molecular weight is 1370 g/mol. The molecule has 9 unspecified atom stereocenters. The van der Waals surface area contributed by atoms with Crippen molar-refractivity contribution in [3.63, 3.8) is 0 Å². The van der Waals surface area contributed by atoms with Gasteiger partial charge in [0.05, 0.1) is 13.0 Å². The fourth-order valence-corrected chi connectivity index (χ4v) is 13.3. The standard InChI is InChI=1S/C17H25NO.C13H15NO3.C12H14INO.C12H15NO2.C10H21NO2.C10H19NO/c1-3-7-14(2)10-16-11-17(19)18(13-16)12-15-8-5-4-6-9-15;1-17-13(16)11-7-12(15)14(9-11)8-10-5-3-2-4-6-10;13-7-11-6-12(15)14(9-11)8-10-4-2-1-3-5-10;14-9-11-6-12(15)13(8-11)7-10-4-2-1-3-5-10;1-3-4-8(2)5-9(7-11)6-10(12)13;1-3-4-8(2)5-9-6-10(12)11-7-9/h4-6,8-9,14,16H,3,7,10-13H2,1-2H3;2-6,11H,7-9H2,1H3;1-5,11H,6-9H2;1-5,11,14H,6-9H2;8-9H,3-7,11H2,1-2H3,(H,12,13);8-9H,3-7H2,1-2H3,(H,11,12). The molecule has 0 bridgehead atoms. The van der Waals surface area contributed by atoms with E-state index in [-0.39, 0.29) is 60.9 Å². The number of hydrogen-bond acceptors (Lipinski definition) is 10. The number of carbonyl (C=O) groups excluding carboxylic acids is 6. The zero-order valence-corrected chi connectivity index (χ0v) is 57.9. The summed E-state index contributed by atoms with van der Waals surface area (Å²) in [5.74, 6) is 3.84. The van der Waals surface area contributed by atoms with E-state index in [0.29, 0.717) is 74.6 Å². The quantitative estimate of drug-likeness (QED) is 0.0263. The number of hydrogen-bond donors (Lipinski definition) is 4. The van der Waals surface area contributed by atoms with Crippen LogP contribution < -0.4 is 11.1 Å². The van der Waals surface area contributed by atoms with Crippen molar-refractivity contribution in [2.75, 3.05) is 57.4 Å². The molecule has 16 nitrogen and oxygen atoms in total. The van der Waals surface area contributed by atoms with Crippen LogP contribution in [0.15, 0.2) is 121 Å². The Morgan fingerprint density at radius 3 is 1.27 bits per heavy atom. The monoisotopic (exact) mass is 1370 g/mol. The molecule has 5 aliphatic heterocycles. The van der Waals surface area contributed by atoms with E-state index in [1.54, 1.807) is 4.90 Å². The van der Waals surface area contributed by atoms with Crippen LogP contribution in [0.25, 0.3) is 0 Å². The van der Waals surface area contributed by atoms with Crippen LogP contribution in [-0.2, 0) is 64.5 Å². The number of nitrogens with zero attached hydrogens (tertiary/aromatic N) is 4. The van der Waals surface area contributed by atoms with Gasteiger partial charge in [0.25, 0.3) is 0 Å². The van der Waals surface area contributed by atoms with Gasteiger partial charge in [0.15, 0.2) is 0 Å². The van der Waals surface area contributed by atoms with Gasteiger partial charge in [-0.25, -0.2) is 0 Å². The molecule has 0 aliphatic carbocycles. The number of carboxylic acids is 1. The molecule has 5 saturated heterocycles. The van der Waals surface area contributed by atoms with Crippen molar-refractivity contribution in [3.8, 4) is 0 Å². The van der Waals surface area contributed by atoms with Gasteiger partial charge in [0, 0.05) is 114 Å². The zero-order chi connectivity index (χ0) is 66.5. The Bertz CT molecular complexity index is 2660. The molecular formula is C74H109IN6O10. The molecule has 502 valence electrons. The third-order valence-electron chi connectivity index (χ3n) is 17.4. The van der Waals surface area contributed by atoms with E-state index in [1.807, 2.05) is 112 Å². The second-order valence-corrected chi connectivity index (χ2v) is 26.9. The molecule has 5 aliphatic rings. The lowest BCUT2D eigenvalue weighted by molar-refractivity contribution is -0.145. The molecule has 5 heterocycles. The van der Waals surface area contributed by atoms with Gasteiger partial charge in [-0.2, -0.15) is 0 Å². The minimum atomic E-state index is -0.737. The molecule has 0 aromatic heterocycles. The molecule has 0 radical (unpaired) electrons. The summed E-state index contributed by atoms with van der Waals surface area (Å²) in [6, 6.07) is 40.2. The maximum atomic E-state index is 12.1. The van der Waals surface area contributed by atoms with Crippen LogP contribution in [0.3, 0.4) is 0 Å². The first-order valence-corrected chi connectivity index (χ1v) is 35.0. The summed E-state index contributed by atoms with van der Waals surface area (Å²) in [6.45, 7) is 20.6. The molecule has 9 rings (SSSR count). The van der Waals surface area contributed by atoms with Crippen molar-refractivity contribution in [1.29, 1.82) is 0 Å². The first kappa shape index (κ1) is 77.3. The maximum absolute atomic E-state index is 12.1. The lowest BCUT2D eigenvalue weighted by Crippen LogP contribution is -2.26. The van der Waals surface area contributed by atoms with Crippen LogP contribution in [0, 0.1) is 53.3 Å². The Balaban J connectivity index is 0.000000235. The van der Waals surface area contributed by atoms with Crippen molar-refractivity contribution in [2.45, 2.75) is 164 Å². The summed E-state index contributed by atoms with van der Waals surface area (Å²) in [5, 5.41) is 20.5. The number of methoxy groups -OCH3 is 1. The number of alkyl halides is 1. The summed E-state index contributed by atoms with van der Waals surface area (Å²) in [7, 11) is 1.35. The molecule has 9 atom stereocenters. The van der Waals surface area contributed by atoms with E-state index in [4.69, 9.17) is 15.9 Å². The number of aliphatic hydroxyl groups is 1. The zero-order valence-electron chi connectivity index (χ0n) is 55.7. The number of ether oxygens (including phenoxy) is 1.